The second-order valence-corrected chi connectivity index (χ2v) is 4.22. The normalized spacial score (nSPS) is 26.6. The number of hydrogen-bond donors (Lipinski definition) is 1. The molecule has 1 unspecified atom stereocenters. The van der Waals surface area contributed by atoms with Gasteiger partial charge in [-0.3, -0.25) is 4.79 Å². The minimum atomic E-state index is -0.169. The van der Waals surface area contributed by atoms with Crippen LogP contribution in [0.2, 0.25) is 0 Å². The summed E-state index contributed by atoms with van der Waals surface area (Å²) in [4.78, 5) is 12.0. The van der Waals surface area contributed by atoms with Crippen LogP contribution in [0.15, 0.2) is 23.0 Å². The maximum atomic E-state index is 12.0. The van der Waals surface area contributed by atoms with E-state index in [-0.39, 0.29) is 5.41 Å². The Hall–Kier alpha value is -1.09. The molecule has 1 fully saturated rings. The summed E-state index contributed by atoms with van der Waals surface area (Å²) in [5.74, 6) is 0.309. The first-order valence-electron chi connectivity index (χ1n) is 4.96. The van der Waals surface area contributed by atoms with E-state index < -0.39 is 0 Å². The van der Waals surface area contributed by atoms with E-state index in [1.165, 1.54) is 0 Å². The number of carbonyl (C=O) groups is 1. The van der Waals surface area contributed by atoms with Crippen molar-refractivity contribution in [1.82, 2.24) is 5.32 Å². The summed E-state index contributed by atoms with van der Waals surface area (Å²) in [5, 5.41) is 3.23. The molecule has 2 heterocycles. The Bertz CT molecular complexity index is 310. The number of ketones is 1. The number of carbonyl (C=O) groups excluding carboxylic acids is 1. The van der Waals surface area contributed by atoms with Gasteiger partial charge in [-0.15, -0.1) is 0 Å². The molecule has 3 heteroatoms. The predicted molar refractivity (Wildman–Crippen MR) is 53.0 cm³/mol. The Kier molecular flexibility index (Phi) is 2.42. The van der Waals surface area contributed by atoms with Crippen molar-refractivity contribution in [2.75, 3.05) is 13.1 Å². The van der Waals surface area contributed by atoms with Crippen molar-refractivity contribution in [2.24, 2.45) is 5.41 Å². The Morgan fingerprint density at radius 2 is 2.57 bits per heavy atom. The highest BCUT2D eigenvalue weighted by molar-refractivity contribution is 5.86. The molecule has 1 N–H and O–H groups in total. The molecular weight excluding hydrogens is 178 g/mol. The Labute approximate surface area is 83.5 Å². The largest absolute Gasteiger partial charge is 0.472 e. The van der Waals surface area contributed by atoms with Gasteiger partial charge in [0.15, 0.2) is 0 Å². The van der Waals surface area contributed by atoms with Crippen molar-refractivity contribution in [1.29, 1.82) is 0 Å². The van der Waals surface area contributed by atoms with E-state index in [0.717, 1.165) is 25.1 Å². The van der Waals surface area contributed by atoms with Gasteiger partial charge >= 0.3 is 0 Å². The fourth-order valence-electron chi connectivity index (χ4n) is 1.85. The number of Topliss-reactive ketones (excluding diaryl/α,β-unsaturated/α-hetero) is 1. The third kappa shape index (κ3) is 1.73. The molecule has 1 aromatic heterocycles. The lowest BCUT2D eigenvalue weighted by Gasteiger charge is -2.20. The molecule has 1 aromatic rings. The molecule has 1 atom stereocenters. The highest BCUT2D eigenvalue weighted by atomic mass is 16.3. The first-order chi connectivity index (χ1) is 6.71. The van der Waals surface area contributed by atoms with Gasteiger partial charge in [-0.05, 0) is 24.6 Å². The highest BCUT2D eigenvalue weighted by Gasteiger charge is 2.35. The SMILES string of the molecule is CC1(C(=O)Cc2ccoc2)CCNC1. The molecule has 1 aliphatic rings. The lowest BCUT2D eigenvalue weighted by Crippen LogP contribution is -2.31. The van der Waals surface area contributed by atoms with Gasteiger partial charge in [-0.25, -0.2) is 0 Å². The minimum absolute atomic E-state index is 0.169. The van der Waals surface area contributed by atoms with Gasteiger partial charge < -0.3 is 9.73 Å². The van der Waals surface area contributed by atoms with E-state index in [1.54, 1.807) is 12.5 Å². The van der Waals surface area contributed by atoms with Crippen LogP contribution >= 0.6 is 0 Å². The van der Waals surface area contributed by atoms with Crippen LogP contribution in [0.4, 0.5) is 0 Å². The molecule has 0 aliphatic carbocycles. The van der Waals surface area contributed by atoms with Crippen molar-refractivity contribution in [3.8, 4) is 0 Å². The van der Waals surface area contributed by atoms with Crippen LogP contribution in [-0.2, 0) is 11.2 Å². The number of hydrogen-bond acceptors (Lipinski definition) is 3. The number of furan rings is 1. The average Bonchev–Trinajstić information content (AvgIpc) is 2.76. The van der Waals surface area contributed by atoms with Crippen molar-refractivity contribution in [3.63, 3.8) is 0 Å². The minimum Gasteiger partial charge on any atom is -0.472 e. The van der Waals surface area contributed by atoms with Crippen LogP contribution in [-0.4, -0.2) is 18.9 Å². The van der Waals surface area contributed by atoms with Crippen LogP contribution in [0, 0.1) is 5.41 Å². The molecule has 0 spiro atoms. The molecule has 0 radical (unpaired) electrons. The second kappa shape index (κ2) is 3.58. The zero-order valence-corrected chi connectivity index (χ0v) is 8.38. The maximum Gasteiger partial charge on any atom is 0.144 e. The summed E-state index contributed by atoms with van der Waals surface area (Å²) < 4.78 is 4.94. The first-order valence-corrected chi connectivity index (χ1v) is 4.96. The predicted octanol–water partition coefficient (Wildman–Crippen LogP) is 1.39. The van der Waals surface area contributed by atoms with Crippen LogP contribution in [0.25, 0.3) is 0 Å². The van der Waals surface area contributed by atoms with Gasteiger partial charge in [0.25, 0.3) is 0 Å². The molecule has 1 aliphatic heterocycles. The van der Waals surface area contributed by atoms with E-state index in [2.05, 4.69) is 5.32 Å². The van der Waals surface area contributed by atoms with Gasteiger partial charge in [0.1, 0.15) is 5.78 Å². The van der Waals surface area contributed by atoms with Gasteiger partial charge in [0, 0.05) is 18.4 Å². The maximum absolute atomic E-state index is 12.0. The molecule has 2 rings (SSSR count). The van der Waals surface area contributed by atoms with E-state index in [1.807, 2.05) is 13.0 Å². The monoisotopic (exact) mass is 193 g/mol. The Morgan fingerprint density at radius 1 is 1.71 bits per heavy atom. The zero-order chi connectivity index (χ0) is 10.0. The fourth-order valence-corrected chi connectivity index (χ4v) is 1.85. The van der Waals surface area contributed by atoms with E-state index in [4.69, 9.17) is 4.42 Å². The van der Waals surface area contributed by atoms with Gasteiger partial charge in [-0.1, -0.05) is 6.92 Å². The molecule has 0 saturated carbocycles. The summed E-state index contributed by atoms with van der Waals surface area (Å²) in [6.45, 7) is 3.80. The number of nitrogens with one attached hydrogen (secondary N) is 1. The quantitative estimate of drug-likeness (QED) is 0.788. The van der Waals surface area contributed by atoms with Crippen molar-refractivity contribution < 1.29 is 9.21 Å². The zero-order valence-electron chi connectivity index (χ0n) is 8.38. The topological polar surface area (TPSA) is 42.2 Å². The summed E-state index contributed by atoms with van der Waals surface area (Å²) >= 11 is 0. The van der Waals surface area contributed by atoms with Crippen molar-refractivity contribution in [3.05, 3.63) is 24.2 Å². The summed E-state index contributed by atoms with van der Waals surface area (Å²) in [6.07, 6.45) is 4.69. The standard InChI is InChI=1S/C11H15NO2/c1-11(3-4-12-8-11)10(13)6-9-2-5-14-7-9/h2,5,7,12H,3-4,6,8H2,1H3. The summed E-state index contributed by atoms with van der Waals surface area (Å²) in [7, 11) is 0. The highest BCUT2D eigenvalue weighted by Crippen LogP contribution is 2.27. The molecular formula is C11H15NO2. The third-order valence-corrected chi connectivity index (χ3v) is 2.99. The summed E-state index contributed by atoms with van der Waals surface area (Å²) in [6, 6.07) is 1.85. The summed E-state index contributed by atoms with van der Waals surface area (Å²) in [5.41, 5.74) is 0.806. The molecule has 76 valence electrons. The molecule has 3 nitrogen and oxygen atoms in total. The molecule has 14 heavy (non-hydrogen) atoms. The van der Waals surface area contributed by atoms with Crippen molar-refractivity contribution >= 4 is 5.78 Å². The Balaban J connectivity index is 2.02. The van der Waals surface area contributed by atoms with E-state index in [9.17, 15) is 4.79 Å². The smallest absolute Gasteiger partial charge is 0.144 e. The van der Waals surface area contributed by atoms with Gasteiger partial charge in [-0.2, -0.15) is 0 Å². The van der Waals surface area contributed by atoms with E-state index >= 15 is 0 Å². The molecule has 0 bridgehead atoms. The average molecular weight is 193 g/mol. The van der Waals surface area contributed by atoms with Crippen LogP contribution in [0.5, 0.6) is 0 Å². The number of rotatable bonds is 3. The lowest BCUT2D eigenvalue weighted by molar-refractivity contribution is -0.126. The first kappa shape index (κ1) is 9.46. The van der Waals surface area contributed by atoms with Crippen molar-refractivity contribution in [2.45, 2.75) is 19.8 Å². The third-order valence-electron chi connectivity index (χ3n) is 2.99. The molecule has 1 saturated heterocycles. The van der Waals surface area contributed by atoms with Gasteiger partial charge in [0.2, 0.25) is 0 Å². The van der Waals surface area contributed by atoms with Crippen LogP contribution in [0.3, 0.4) is 0 Å². The molecule has 0 aromatic carbocycles. The fraction of sp³-hybridized carbons (Fsp3) is 0.545. The van der Waals surface area contributed by atoms with Crippen LogP contribution < -0.4 is 5.32 Å². The van der Waals surface area contributed by atoms with Gasteiger partial charge in [0.05, 0.1) is 12.5 Å². The lowest BCUT2D eigenvalue weighted by atomic mass is 9.82. The van der Waals surface area contributed by atoms with Crippen LogP contribution in [0.1, 0.15) is 18.9 Å². The second-order valence-electron chi connectivity index (χ2n) is 4.22. The Morgan fingerprint density at radius 3 is 3.14 bits per heavy atom. The van der Waals surface area contributed by atoms with E-state index in [0.29, 0.717) is 12.2 Å². The molecule has 0 amide bonds.